The topological polar surface area (TPSA) is 59.3 Å². The number of morpholine rings is 1. The lowest BCUT2D eigenvalue weighted by atomic mass is 10.0. The highest BCUT2D eigenvalue weighted by atomic mass is 19.1. The summed E-state index contributed by atoms with van der Waals surface area (Å²) in [5.41, 5.74) is 3.72. The normalized spacial score (nSPS) is 17.4. The van der Waals surface area contributed by atoms with Crippen molar-refractivity contribution in [3.63, 3.8) is 0 Å². The van der Waals surface area contributed by atoms with Crippen LogP contribution in [0.5, 0.6) is 0 Å². The fraction of sp³-hybridized carbons (Fsp3) is 0.381. The highest BCUT2D eigenvalue weighted by Gasteiger charge is 2.27. The molecule has 1 aliphatic heterocycles. The molecule has 1 atom stereocenters. The van der Waals surface area contributed by atoms with E-state index in [-0.39, 0.29) is 11.9 Å². The largest absolute Gasteiger partial charge is 0.369 e. The number of halogens is 1. The third kappa shape index (κ3) is 4.28. The van der Waals surface area contributed by atoms with E-state index in [0.717, 1.165) is 35.6 Å². The lowest BCUT2D eigenvalue weighted by Crippen LogP contribution is -2.38. The van der Waals surface area contributed by atoms with Crippen LogP contribution in [0.3, 0.4) is 0 Å². The third-order valence-electron chi connectivity index (χ3n) is 5.12. The number of aryl methyl sites for hydroxylation is 1. The highest BCUT2D eigenvalue weighted by molar-refractivity contribution is 5.66. The average Bonchev–Trinajstić information content (AvgIpc) is 3.13. The Balaban J connectivity index is 1.65. The standard InChI is InChI=1S/C21H25FN6O/c1-26(2)21-23-12-18(15-4-6-16(22)7-5-15)20(25-21)19-14-28(10-11-29-19)13-17-8-9-24-27(17)3/h4-9,12,19H,10-11,13-14H2,1-3H3. The van der Waals surface area contributed by atoms with Crippen molar-refractivity contribution in [1.29, 1.82) is 0 Å². The number of benzene rings is 1. The van der Waals surface area contributed by atoms with E-state index in [9.17, 15) is 4.39 Å². The van der Waals surface area contributed by atoms with Gasteiger partial charge in [0.05, 0.1) is 18.0 Å². The summed E-state index contributed by atoms with van der Waals surface area (Å²) in [5, 5.41) is 4.25. The zero-order chi connectivity index (χ0) is 20.4. The summed E-state index contributed by atoms with van der Waals surface area (Å²) in [5.74, 6) is 0.357. The number of nitrogens with zero attached hydrogens (tertiary/aromatic N) is 6. The van der Waals surface area contributed by atoms with E-state index in [0.29, 0.717) is 19.1 Å². The molecule has 1 unspecified atom stereocenters. The third-order valence-corrected chi connectivity index (χ3v) is 5.12. The number of hydrogen-bond donors (Lipinski definition) is 0. The molecule has 2 aromatic heterocycles. The molecule has 0 saturated carbocycles. The molecule has 0 amide bonds. The average molecular weight is 396 g/mol. The molecule has 0 spiro atoms. The van der Waals surface area contributed by atoms with E-state index in [1.165, 1.54) is 12.1 Å². The fourth-order valence-corrected chi connectivity index (χ4v) is 3.50. The predicted octanol–water partition coefficient (Wildman–Crippen LogP) is 2.66. The number of hydrogen-bond acceptors (Lipinski definition) is 6. The van der Waals surface area contributed by atoms with Crippen molar-refractivity contribution in [2.45, 2.75) is 12.6 Å². The number of anilines is 1. The number of aromatic nitrogens is 4. The van der Waals surface area contributed by atoms with Gasteiger partial charge in [-0.2, -0.15) is 5.10 Å². The molecule has 0 aliphatic carbocycles. The van der Waals surface area contributed by atoms with Gasteiger partial charge in [0.25, 0.3) is 0 Å². The number of rotatable bonds is 5. The van der Waals surface area contributed by atoms with Gasteiger partial charge in [-0.3, -0.25) is 9.58 Å². The molecule has 1 saturated heterocycles. The van der Waals surface area contributed by atoms with E-state index in [1.807, 2.05) is 43.0 Å². The van der Waals surface area contributed by atoms with Gasteiger partial charge < -0.3 is 9.64 Å². The van der Waals surface area contributed by atoms with Crippen LogP contribution in [-0.2, 0) is 18.3 Å². The second-order valence-electron chi connectivity index (χ2n) is 7.41. The Hall–Kier alpha value is -2.84. The summed E-state index contributed by atoms with van der Waals surface area (Å²) >= 11 is 0. The van der Waals surface area contributed by atoms with Gasteiger partial charge in [-0.05, 0) is 23.8 Å². The van der Waals surface area contributed by atoms with Crippen LogP contribution in [-0.4, -0.2) is 58.4 Å². The minimum atomic E-state index is -0.266. The molecule has 0 bridgehead atoms. The van der Waals surface area contributed by atoms with Gasteiger partial charge in [0.15, 0.2) is 0 Å². The van der Waals surface area contributed by atoms with Crippen LogP contribution in [0.2, 0.25) is 0 Å². The summed E-state index contributed by atoms with van der Waals surface area (Å²) in [7, 11) is 5.77. The van der Waals surface area contributed by atoms with Gasteiger partial charge in [0, 0.05) is 58.7 Å². The lowest BCUT2D eigenvalue weighted by Gasteiger charge is -2.33. The van der Waals surface area contributed by atoms with Crippen LogP contribution < -0.4 is 4.90 Å². The van der Waals surface area contributed by atoms with Gasteiger partial charge in [0.1, 0.15) is 11.9 Å². The minimum absolute atomic E-state index is 0.196. The zero-order valence-corrected chi connectivity index (χ0v) is 16.9. The molecule has 8 heteroatoms. The Labute approximate surface area is 169 Å². The quantitative estimate of drug-likeness (QED) is 0.661. The molecule has 1 fully saturated rings. The molecule has 29 heavy (non-hydrogen) atoms. The van der Waals surface area contributed by atoms with Gasteiger partial charge in [0.2, 0.25) is 5.95 Å². The molecular weight excluding hydrogens is 371 g/mol. The van der Waals surface area contributed by atoms with Gasteiger partial charge in [-0.25, -0.2) is 14.4 Å². The Bertz CT molecular complexity index is 972. The monoisotopic (exact) mass is 396 g/mol. The first kappa shape index (κ1) is 19.5. The molecule has 0 radical (unpaired) electrons. The van der Waals surface area contributed by atoms with E-state index < -0.39 is 0 Å². The molecular formula is C21H25FN6O. The van der Waals surface area contributed by atoms with Gasteiger partial charge >= 0.3 is 0 Å². The zero-order valence-electron chi connectivity index (χ0n) is 16.9. The lowest BCUT2D eigenvalue weighted by molar-refractivity contribution is -0.0353. The SMILES string of the molecule is CN(C)c1ncc(-c2ccc(F)cc2)c(C2CN(Cc3ccnn3C)CCO2)n1. The number of ether oxygens (including phenoxy) is 1. The molecule has 1 aliphatic rings. The van der Waals surface area contributed by atoms with Crippen molar-refractivity contribution in [1.82, 2.24) is 24.6 Å². The van der Waals surface area contributed by atoms with Crippen molar-refractivity contribution in [3.05, 3.63) is 59.9 Å². The smallest absolute Gasteiger partial charge is 0.225 e. The van der Waals surface area contributed by atoms with Crippen LogP contribution >= 0.6 is 0 Å². The Kier molecular flexibility index (Phi) is 5.55. The summed E-state index contributed by atoms with van der Waals surface area (Å²) in [6, 6.07) is 8.44. The molecule has 3 heterocycles. The van der Waals surface area contributed by atoms with E-state index in [1.54, 1.807) is 18.3 Å². The van der Waals surface area contributed by atoms with E-state index in [2.05, 4.69) is 15.0 Å². The van der Waals surface area contributed by atoms with Crippen molar-refractivity contribution in [2.24, 2.45) is 7.05 Å². The molecule has 7 nitrogen and oxygen atoms in total. The maximum Gasteiger partial charge on any atom is 0.225 e. The highest BCUT2D eigenvalue weighted by Crippen LogP contribution is 2.32. The summed E-state index contributed by atoms with van der Waals surface area (Å²) < 4.78 is 21.4. The van der Waals surface area contributed by atoms with Crippen LogP contribution in [0.15, 0.2) is 42.7 Å². The first-order valence-electron chi connectivity index (χ1n) is 9.62. The predicted molar refractivity (Wildman–Crippen MR) is 109 cm³/mol. The van der Waals surface area contributed by atoms with Crippen molar-refractivity contribution in [3.8, 4) is 11.1 Å². The van der Waals surface area contributed by atoms with Gasteiger partial charge in [-0.1, -0.05) is 12.1 Å². The molecule has 4 rings (SSSR count). The Morgan fingerprint density at radius 3 is 2.69 bits per heavy atom. The Morgan fingerprint density at radius 2 is 2.00 bits per heavy atom. The summed E-state index contributed by atoms with van der Waals surface area (Å²) in [6.07, 6.45) is 3.42. The second kappa shape index (κ2) is 8.26. The molecule has 0 N–H and O–H groups in total. The van der Waals surface area contributed by atoms with Crippen LogP contribution in [0.1, 0.15) is 17.5 Å². The van der Waals surface area contributed by atoms with Gasteiger partial charge in [-0.15, -0.1) is 0 Å². The second-order valence-corrected chi connectivity index (χ2v) is 7.41. The fourth-order valence-electron chi connectivity index (χ4n) is 3.50. The maximum absolute atomic E-state index is 13.4. The summed E-state index contributed by atoms with van der Waals surface area (Å²) in [6.45, 7) is 2.98. The van der Waals surface area contributed by atoms with Crippen LogP contribution in [0.25, 0.3) is 11.1 Å². The van der Waals surface area contributed by atoms with Crippen LogP contribution in [0.4, 0.5) is 10.3 Å². The molecule has 1 aromatic carbocycles. The maximum atomic E-state index is 13.4. The first-order valence-corrected chi connectivity index (χ1v) is 9.62. The summed E-state index contributed by atoms with van der Waals surface area (Å²) in [4.78, 5) is 13.5. The Morgan fingerprint density at radius 1 is 1.21 bits per heavy atom. The minimum Gasteiger partial charge on any atom is -0.369 e. The van der Waals surface area contributed by atoms with Crippen LogP contribution in [0, 0.1) is 5.82 Å². The first-order chi connectivity index (χ1) is 14.0. The van der Waals surface area contributed by atoms with Crippen molar-refractivity contribution < 1.29 is 9.13 Å². The van der Waals surface area contributed by atoms with Crippen molar-refractivity contribution in [2.75, 3.05) is 38.7 Å². The molecule has 152 valence electrons. The van der Waals surface area contributed by atoms with E-state index >= 15 is 0 Å². The van der Waals surface area contributed by atoms with E-state index in [4.69, 9.17) is 9.72 Å². The molecule has 3 aromatic rings. The van der Waals surface area contributed by atoms with Crippen molar-refractivity contribution >= 4 is 5.95 Å².